The SMILES string of the molecule is COc1ccc(CCNC2CCOC3(CCOC3)C2)cc1. The van der Waals surface area contributed by atoms with Crippen LogP contribution in [0.5, 0.6) is 5.75 Å². The summed E-state index contributed by atoms with van der Waals surface area (Å²) in [6.45, 7) is 3.47. The fourth-order valence-electron chi connectivity index (χ4n) is 3.28. The van der Waals surface area contributed by atoms with Gasteiger partial charge in [0, 0.05) is 25.7 Å². The van der Waals surface area contributed by atoms with Crippen LogP contribution in [0.25, 0.3) is 0 Å². The quantitative estimate of drug-likeness (QED) is 0.902. The van der Waals surface area contributed by atoms with Gasteiger partial charge in [-0.15, -0.1) is 0 Å². The number of hydrogen-bond donors (Lipinski definition) is 1. The van der Waals surface area contributed by atoms with Crippen molar-refractivity contribution < 1.29 is 14.2 Å². The normalized spacial score (nSPS) is 28.9. The summed E-state index contributed by atoms with van der Waals surface area (Å²) < 4.78 is 16.7. The van der Waals surface area contributed by atoms with E-state index in [1.165, 1.54) is 5.56 Å². The van der Waals surface area contributed by atoms with Gasteiger partial charge in [-0.2, -0.15) is 0 Å². The lowest BCUT2D eigenvalue weighted by Gasteiger charge is -2.37. The largest absolute Gasteiger partial charge is 0.497 e. The van der Waals surface area contributed by atoms with E-state index >= 15 is 0 Å². The van der Waals surface area contributed by atoms with Crippen molar-refractivity contribution in [2.45, 2.75) is 37.3 Å². The molecule has 0 bridgehead atoms. The number of hydrogen-bond acceptors (Lipinski definition) is 4. The van der Waals surface area contributed by atoms with Gasteiger partial charge in [0.25, 0.3) is 0 Å². The van der Waals surface area contributed by atoms with E-state index in [2.05, 4.69) is 17.4 Å². The van der Waals surface area contributed by atoms with Gasteiger partial charge in [-0.1, -0.05) is 12.1 Å². The molecule has 0 amide bonds. The predicted octanol–water partition coefficient (Wildman–Crippen LogP) is 2.17. The molecule has 116 valence electrons. The molecular weight excluding hydrogens is 266 g/mol. The van der Waals surface area contributed by atoms with Crippen molar-refractivity contribution in [3.63, 3.8) is 0 Å². The van der Waals surface area contributed by atoms with E-state index in [0.29, 0.717) is 6.04 Å². The first-order valence-electron chi connectivity index (χ1n) is 7.88. The van der Waals surface area contributed by atoms with Crippen LogP contribution in [-0.4, -0.2) is 45.1 Å². The van der Waals surface area contributed by atoms with E-state index in [-0.39, 0.29) is 5.60 Å². The van der Waals surface area contributed by atoms with E-state index in [9.17, 15) is 0 Å². The summed E-state index contributed by atoms with van der Waals surface area (Å²) in [4.78, 5) is 0. The molecule has 1 aromatic carbocycles. The number of methoxy groups -OCH3 is 1. The second-order valence-corrected chi connectivity index (χ2v) is 6.08. The highest BCUT2D eigenvalue weighted by Crippen LogP contribution is 2.32. The average molecular weight is 291 g/mol. The lowest BCUT2D eigenvalue weighted by molar-refractivity contribution is -0.0891. The molecule has 4 heteroatoms. The van der Waals surface area contributed by atoms with Crippen molar-refractivity contribution in [3.05, 3.63) is 29.8 Å². The van der Waals surface area contributed by atoms with Gasteiger partial charge in [-0.05, 0) is 43.5 Å². The minimum Gasteiger partial charge on any atom is -0.497 e. The first-order chi connectivity index (χ1) is 10.3. The average Bonchev–Trinajstić information content (AvgIpc) is 2.96. The molecule has 21 heavy (non-hydrogen) atoms. The van der Waals surface area contributed by atoms with E-state index in [1.54, 1.807) is 7.11 Å². The van der Waals surface area contributed by atoms with Crippen molar-refractivity contribution in [3.8, 4) is 5.75 Å². The van der Waals surface area contributed by atoms with Gasteiger partial charge in [0.2, 0.25) is 0 Å². The topological polar surface area (TPSA) is 39.7 Å². The maximum Gasteiger partial charge on any atom is 0.118 e. The second-order valence-electron chi connectivity index (χ2n) is 6.08. The molecule has 2 aliphatic rings. The number of rotatable bonds is 5. The maximum absolute atomic E-state index is 5.97. The molecule has 1 N–H and O–H groups in total. The lowest BCUT2D eigenvalue weighted by atomic mass is 9.89. The van der Waals surface area contributed by atoms with Crippen LogP contribution < -0.4 is 10.1 Å². The van der Waals surface area contributed by atoms with Crippen LogP contribution in [0.4, 0.5) is 0 Å². The maximum atomic E-state index is 5.97. The summed E-state index contributed by atoms with van der Waals surface area (Å²) >= 11 is 0. The van der Waals surface area contributed by atoms with Gasteiger partial charge in [-0.25, -0.2) is 0 Å². The van der Waals surface area contributed by atoms with Gasteiger partial charge in [-0.3, -0.25) is 0 Å². The zero-order valence-corrected chi connectivity index (χ0v) is 12.8. The third-order valence-electron chi connectivity index (χ3n) is 4.57. The van der Waals surface area contributed by atoms with Crippen LogP contribution in [0.2, 0.25) is 0 Å². The fraction of sp³-hybridized carbons (Fsp3) is 0.647. The van der Waals surface area contributed by atoms with Crippen LogP contribution >= 0.6 is 0 Å². The highest BCUT2D eigenvalue weighted by Gasteiger charge is 2.40. The summed E-state index contributed by atoms with van der Waals surface area (Å²) in [6, 6.07) is 8.87. The van der Waals surface area contributed by atoms with Crippen molar-refractivity contribution in [2.75, 3.05) is 33.5 Å². The third kappa shape index (κ3) is 3.76. The molecule has 2 atom stereocenters. The Hall–Kier alpha value is -1.10. The van der Waals surface area contributed by atoms with Gasteiger partial charge in [0.15, 0.2) is 0 Å². The van der Waals surface area contributed by atoms with Crippen molar-refractivity contribution in [1.29, 1.82) is 0 Å². The fourth-order valence-corrected chi connectivity index (χ4v) is 3.28. The molecule has 2 fully saturated rings. The molecule has 2 aliphatic heterocycles. The molecule has 0 radical (unpaired) electrons. The smallest absolute Gasteiger partial charge is 0.118 e. The molecule has 1 spiro atoms. The molecule has 2 heterocycles. The van der Waals surface area contributed by atoms with Gasteiger partial charge in [0.1, 0.15) is 5.75 Å². The lowest BCUT2D eigenvalue weighted by Crippen LogP contribution is -2.47. The van der Waals surface area contributed by atoms with E-state index < -0.39 is 0 Å². The first-order valence-corrected chi connectivity index (χ1v) is 7.88. The molecular formula is C17H25NO3. The van der Waals surface area contributed by atoms with Crippen LogP contribution in [0.3, 0.4) is 0 Å². The van der Waals surface area contributed by atoms with Crippen molar-refractivity contribution in [2.24, 2.45) is 0 Å². The Morgan fingerprint density at radius 1 is 1.29 bits per heavy atom. The standard InChI is InChI=1S/C17H25NO3/c1-19-16-4-2-14(3-5-16)6-9-18-15-7-10-21-17(12-15)8-11-20-13-17/h2-5,15,18H,6-13H2,1H3. The summed E-state index contributed by atoms with van der Waals surface area (Å²) in [7, 11) is 1.70. The Balaban J connectivity index is 1.44. The summed E-state index contributed by atoms with van der Waals surface area (Å²) in [5.41, 5.74) is 1.34. The first kappa shape index (κ1) is 14.8. The van der Waals surface area contributed by atoms with Crippen LogP contribution in [0.1, 0.15) is 24.8 Å². The van der Waals surface area contributed by atoms with Gasteiger partial charge >= 0.3 is 0 Å². The van der Waals surface area contributed by atoms with Crippen molar-refractivity contribution >= 4 is 0 Å². The minimum absolute atomic E-state index is 0.00394. The highest BCUT2D eigenvalue weighted by molar-refractivity contribution is 5.27. The molecule has 2 unspecified atom stereocenters. The molecule has 0 aliphatic carbocycles. The number of benzene rings is 1. The van der Waals surface area contributed by atoms with E-state index in [0.717, 1.165) is 57.8 Å². The Kier molecular flexibility index (Phi) is 4.78. The molecule has 2 saturated heterocycles. The Labute approximate surface area is 126 Å². The summed E-state index contributed by atoms with van der Waals surface area (Å²) in [5, 5.41) is 3.68. The number of ether oxygens (including phenoxy) is 3. The highest BCUT2D eigenvalue weighted by atomic mass is 16.6. The minimum atomic E-state index is -0.00394. The molecule has 3 rings (SSSR count). The Morgan fingerprint density at radius 3 is 2.86 bits per heavy atom. The zero-order chi connectivity index (χ0) is 14.5. The monoisotopic (exact) mass is 291 g/mol. The summed E-state index contributed by atoms with van der Waals surface area (Å²) in [6.07, 6.45) is 4.27. The molecule has 4 nitrogen and oxygen atoms in total. The van der Waals surface area contributed by atoms with Crippen LogP contribution in [0, 0.1) is 0 Å². The summed E-state index contributed by atoms with van der Waals surface area (Å²) in [5.74, 6) is 0.916. The molecule has 0 aromatic heterocycles. The predicted molar refractivity (Wildman–Crippen MR) is 81.8 cm³/mol. The Morgan fingerprint density at radius 2 is 2.14 bits per heavy atom. The third-order valence-corrected chi connectivity index (χ3v) is 4.57. The van der Waals surface area contributed by atoms with Crippen molar-refractivity contribution in [1.82, 2.24) is 5.32 Å². The van der Waals surface area contributed by atoms with Gasteiger partial charge < -0.3 is 19.5 Å². The van der Waals surface area contributed by atoms with Crippen LogP contribution in [-0.2, 0) is 15.9 Å². The van der Waals surface area contributed by atoms with E-state index in [1.807, 2.05) is 12.1 Å². The molecule has 1 aromatic rings. The second kappa shape index (κ2) is 6.77. The Bertz CT molecular complexity index is 440. The number of nitrogens with one attached hydrogen (secondary N) is 1. The van der Waals surface area contributed by atoms with Gasteiger partial charge in [0.05, 0.1) is 19.3 Å². The molecule has 0 saturated carbocycles. The zero-order valence-electron chi connectivity index (χ0n) is 12.8. The van der Waals surface area contributed by atoms with E-state index in [4.69, 9.17) is 14.2 Å². The van der Waals surface area contributed by atoms with Crippen LogP contribution in [0.15, 0.2) is 24.3 Å².